The number of rotatable bonds is 11. The van der Waals surface area contributed by atoms with Crippen LogP contribution in [0.25, 0.3) is 32.8 Å². The topological polar surface area (TPSA) is 155 Å². The molecule has 4 amide bonds. The lowest BCUT2D eigenvalue weighted by molar-refractivity contribution is -0.384. The molecule has 2 aliphatic rings. The highest BCUT2D eigenvalue weighted by atomic mass is 16.6. The van der Waals surface area contributed by atoms with E-state index < -0.39 is 28.8 Å². The average molecular weight is 657 g/mol. The molecule has 12 heteroatoms. The summed E-state index contributed by atoms with van der Waals surface area (Å²) in [4.78, 5) is 72.0. The van der Waals surface area contributed by atoms with Gasteiger partial charge in [0.1, 0.15) is 0 Å². The number of aromatic nitrogens is 1. The molecule has 0 unspecified atom stereocenters. The van der Waals surface area contributed by atoms with E-state index in [2.05, 4.69) is 15.6 Å². The molecule has 0 fully saturated rings. The molecule has 0 radical (unpaired) electrons. The van der Waals surface area contributed by atoms with Gasteiger partial charge in [0.25, 0.3) is 29.3 Å². The molecule has 2 atom stereocenters. The van der Waals surface area contributed by atoms with E-state index in [4.69, 9.17) is 0 Å². The number of hydrogen-bond donors (Lipinski definition) is 2. The predicted molar refractivity (Wildman–Crippen MR) is 183 cm³/mol. The SMILES string of the molecule is C[C@H](CNCCNC[C@@H](C)N1C(=O)c2cccc3cc([N+](=O)[O-])cc(c23)C1=O)N1C(=O)c2cccc3cc(-c4ccccn4)cc(c23)C1=O. The molecule has 0 aliphatic carbocycles. The fourth-order valence-corrected chi connectivity index (χ4v) is 6.81. The van der Waals surface area contributed by atoms with Crippen LogP contribution < -0.4 is 10.6 Å². The number of nitrogens with one attached hydrogen (secondary N) is 2. The van der Waals surface area contributed by atoms with Gasteiger partial charge in [0.15, 0.2) is 0 Å². The van der Waals surface area contributed by atoms with Crippen LogP contribution in [-0.4, -0.2) is 81.6 Å². The molecule has 2 N–H and O–H groups in total. The number of benzene rings is 4. The summed E-state index contributed by atoms with van der Waals surface area (Å²) >= 11 is 0. The number of non-ortho nitro benzene ring substituents is 1. The standard InChI is InChI=1S/C37H32N6O6/c1-21(41-34(44)27-9-5-7-23-15-25(31-11-3-4-12-40-31)17-29(32(23)27)36(41)46)19-38-13-14-39-20-22(2)42-35(45)28-10-6-8-24-16-26(43(48)49)18-30(33(24)28)37(42)47/h3-12,15-18,21-22,38-39H,13-14,19-20H2,1-2H3/t21-,22-/m1/s1. The predicted octanol–water partition coefficient (Wildman–Crippen LogP) is 4.81. The number of nitro benzene ring substituents is 1. The second-order valence-electron chi connectivity index (χ2n) is 12.4. The van der Waals surface area contributed by atoms with Crippen molar-refractivity contribution in [2.45, 2.75) is 25.9 Å². The Morgan fingerprint density at radius 2 is 1.20 bits per heavy atom. The van der Waals surface area contributed by atoms with Gasteiger partial charge in [-0.05, 0) is 61.0 Å². The Labute approximate surface area is 280 Å². The van der Waals surface area contributed by atoms with Crippen molar-refractivity contribution >= 4 is 50.9 Å². The highest BCUT2D eigenvalue weighted by Gasteiger charge is 2.38. The third-order valence-corrected chi connectivity index (χ3v) is 9.15. The minimum atomic E-state index is -0.570. The number of carbonyl (C=O) groups is 4. The molecule has 3 heterocycles. The summed E-state index contributed by atoms with van der Waals surface area (Å²) in [6.45, 7) is 5.16. The van der Waals surface area contributed by atoms with E-state index in [1.54, 1.807) is 43.5 Å². The highest BCUT2D eigenvalue weighted by molar-refractivity contribution is 6.27. The Hall–Kier alpha value is -5.85. The van der Waals surface area contributed by atoms with Crippen LogP contribution in [0.5, 0.6) is 0 Å². The van der Waals surface area contributed by atoms with E-state index >= 15 is 0 Å². The maximum atomic E-state index is 13.8. The van der Waals surface area contributed by atoms with E-state index in [1.807, 2.05) is 43.3 Å². The van der Waals surface area contributed by atoms with Gasteiger partial charge in [-0.25, -0.2) is 0 Å². The fourth-order valence-electron chi connectivity index (χ4n) is 6.81. The number of hydrogen-bond acceptors (Lipinski definition) is 9. The molecule has 0 bridgehead atoms. The first kappa shape index (κ1) is 31.7. The van der Waals surface area contributed by atoms with Crippen LogP contribution in [0.2, 0.25) is 0 Å². The molecule has 0 saturated carbocycles. The zero-order valence-electron chi connectivity index (χ0n) is 26.8. The first-order valence-electron chi connectivity index (χ1n) is 16.0. The summed E-state index contributed by atoms with van der Waals surface area (Å²) < 4.78 is 0. The maximum absolute atomic E-state index is 13.8. The summed E-state index contributed by atoms with van der Waals surface area (Å²) in [5.41, 5.74) is 2.73. The van der Waals surface area contributed by atoms with Crippen molar-refractivity contribution < 1.29 is 24.1 Å². The zero-order valence-corrected chi connectivity index (χ0v) is 26.8. The van der Waals surface area contributed by atoms with Crippen LogP contribution in [0, 0.1) is 10.1 Å². The molecule has 0 saturated heterocycles. The molecule has 4 aromatic carbocycles. The van der Waals surface area contributed by atoms with Gasteiger partial charge < -0.3 is 10.6 Å². The van der Waals surface area contributed by atoms with Crippen molar-refractivity contribution in [1.29, 1.82) is 0 Å². The van der Waals surface area contributed by atoms with E-state index in [0.29, 0.717) is 52.5 Å². The van der Waals surface area contributed by atoms with Gasteiger partial charge in [-0.2, -0.15) is 0 Å². The van der Waals surface area contributed by atoms with Crippen LogP contribution in [0.1, 0.15) is 55.3 Å². The number of pyridine rings is 1. The molecular weight excluding hydrogens is 624 g/mol. The van der Waals surface area contributed by atoms with Crippen molar-refractivity contribution in [3.8, 4) is 11.3 Å². The molecule has 5 aromatic rings. The Morgan fingerprint density at radius 3 is 1.73 bits per heavy atom. The van der Waals surface area contributed by atoms with Gasteiger partial charge in [0, 0.05) is 89.6 Å². The number of nitro groups is 1. The lowest BCUT2D eigenvalue weighted by atomic mass is 9.90. The molecular formula is C37H32N6O6. The average Bonchev–Trinajstić information content (AvgIpc) is 3.10. The Bertz CT molecular complexity index is 2200. The van der Waals surface area contributed by atoms with E-state index in [0.717, 1.165) is 21.5 Å². The molecule has 7 rings (SSSR count). The van der Waals surface area contributed by atoms with Crippen LogP contribution in [0.15, 0.2) is 85.1 Å². The summed E-state index contributed by atoms with van der Waals surface area (Å²) in [7, 11) is 0. The number of amides is 4. The third kappa shape index (κ3) is 5.50. The lowest BCUT2D eigenvalue weighted by Gasteiger charge is -2.32. The van der Waals surface area contributed by atoms with Crippen LogP contribution in [0.4, 0.5) is 5.69 Å². The first-order valence-corrected chi connectivity index (χ1v) is 16.0. The van der Waals surface area contributed by atoms with Gasteiger partial charge >= 0.3 is 0 Å². The van der Waals surface area contributed by atoms with Crippen molar-refractivity contribution in [1.82, 2.24) is 25.4 Å². The van der Waals surface area contributed by atoms with Gasteiger partial charge in [-0.15, -0.1) is 0 Å². The fraction of sp³-hybridized carbons (Fsp3) is 0.216. The van der Waals surface area contributed by atoms with Crippen molar-refractivity contribution in [3.63, 3.8) is 0 Å². The minimum Gasteiger partial charge on any atom is -0.313 e. The number of carbonyl (C=O) groups excluding carboxylic acids is 4. The van der Waals surface area contributed by atoms with E-state index in [1.165, 1.54) is 17.0 Å². The zero-order chi connectivity index (χ0) is 34.4. The summed E-state index contributed by atoms with van der Waals surface area (Å²) in [5.74, 6) is -1.71. The Morgan fingerprint density at radius 1 is 0.673 bits per heavy atom. The van der Waals surface area contributed by atoms with E-state index in [9.17, 15) is 29.3 Å². The molecule has 246 valence electrons. The van der Waals surface area contributed by atoms with E-state index in [-0.39, 0.29) is 29.6 Å². The highest BCUT2D eigenvalue weighted by Crippen LogP contribution is 2.36. The molecule has 0 spiro atoms. The summed E-state index contributed by atoms with van der Waals surface area (Å²) in [5, 5.41) is 20.4. The van der Waals surface area contributed by atoms with Gasteiger partial charge in [0.05, 0.1) is 16.2 Å². The van der Waals surface area contributed by atoms with Gasteiger partial charge in [-0.1, -0.05) is 30.3 Å². The third-order valence-electron chi connectivity index (χ3n) is 9.15. The quantitative estimate of drug-likeness (QED) is 0.0882. The molecule has 49 heavy (non-hydrogen) atoms. The van der Waals surface area contributed by atoms with Gasteiger partial charge in [-0.3, -0.25) is 44.1 Å². The molecule has 1 aromatic heterocycles. The summed E-state index contributed by atoms with van der Waals surface area (Å²) in [6, 6.07) is 21.3. The first-order chi connectivity index (χ1) is 23.7. The Kier molecular flexibility index (Phi) is 8.18. The second-order valence-corrected chi connectivity index (χ2v) is 12.4. The van der Waals surface area contributed by atoms with Crippen LogP contribution >= 0.6 is 0 Å². The molecule has 2 aliphatic heterocycles. The summed E-state index contributed by atoms with van der Waals surface area (Å²) in [6.07, 6.45) is 1.70. The van der Waals surface area contributed by atoms with Crippen LogP contribution in [0.3, 0.4) is 0 Å². The number of nitrogens with zero attached hydrogens (tertiary/aromatic N) is 4. The largest absolute Gasteiger partial charge is 0.313 e. The van der Waals surface area contributed by atoms with Crippen molar-refractivity contribution in [2.75, 3.05) is 26.2 Å². The monoisotopic (exact) mass is 656 g/mol. The number of imide groups is 2. The maximum Gasteiger partial charge on any atom is 0.270 e. The smallest absolute Gasteiger partial charge is 0.270 e. The van der Waals surface area contributed by atoms with Crippen molar-refractivity contribution in [2.24, 2.45) is 0 Å². The molecule has 12 nitrogen and oxygen atoms in total. The van der Waals surface area contributed by atoms with Gasteiger partial charge in [0.2, 0.25) is 0 Å². The second kappa shape index (κ2) is 12.6. The Balaban J connectivity index is 0.971. The normalized spacial score (nSPS) is 15.3. The minimum absolute atomic E-state index is 0.135. The lowest BCUT2D eigenvalue weighted by Crippen LogP contribution is -2.51. The van der Waals surface area contributed by atoms with Crippen LogP contribution in [-0.2, 0) is 0 Å². The van der Waals surface area contributed by atoms with Crippen molar-refractivity contribution in [3.05, 3.63) is 117 Å².